The van der Waals surface area contributed by atoms with E-state index in [1.165, 1.54) is 5.56 Å². The number of imidazole rings is 1. The predicted molar refractivity (Wildman–Crippen MR) is 120 cm³/mol. The van der Waals surface area contributed by atoms with Gasteiger partial charge in [-0.3, -0.25) is 9.36 Å². The van der Waals surface area contributed by atoms with Crippen LogP contribution >= 0.6 is 0 Å². The average Bonchev–Trinajstić information content (AvgIpc) is 2.98. The van der Waals surface area contributed by atoms with Crippen molar-refractivity contribution in [2.75, 3.05) is 0 Å². The largest absolute Gasteiger partial charge is 0.273 e. The third-order valence-corrected chi connectivity index (χ3v) is 12.7. The van der Waals surface area contributed by atoms with Gasteiger partial charge in [-0.1, -0.05) is 69.8 Å². The molecule has 3 aromatic rings. The lowest BCUT2D eigenvalue weighted by molar-refractivity contribution is 0.0822. The number of hydrogen-bond donors (Lipinski definition) is 0. The van der Waals surface area contributed by atoms with Crippen molar-refractivity contribution in [3.8, 4) is 11.4 Å². The van der Waals surface area contributed by atoms with Gasteiger partial charge < -0.3 is 0 Å². The number of aryl methyl sites for hydroxylation is 1. The van der Waals surface area contributed by atoms with Crippen LogP contribution in [0, 0.1) is 6.92 Å². The monoisotopic (exact) mass is 390 g/mol. The van der Waals surface area contributed by atoms with Gasteiger partial charge in [0.1, 0.15) is 5.82 Å². The molecule has 1 aromatic heterocycles. The van der Waals surface area contributed by atoms with Gasteiger partial charge in [-0.05, 0) is 42.6 Å². The summed E-state index contributed by atoms with van der Waals surface area (Å²) in [5, 5.41) is 0.220. The number of benzene rings is 2. The molecule has 0 saturated heterocycles. The SMILES string of the molecule is Cc1ccc2c(c1)C(C)(C[Si](C)(C)C(C)(C)C)C(=O)n1c-2nc2ccccc21. The first-order valence-corrected chi connectivity index (χ1v) is 13.3. The lowest BCUT2D eigenvalue weighted by Crippen LogP contribution is -2.49. The number of para-hydroxylation sites is 2. The first kappa shape index (κ1) is 19.1. The van der Waals surface area contributed by atoms with Gasteiger partial charge in [0, 0.05) is 5.56 Å². The van der Waals surface area contributed by atoms with Gasteiger partial charge >= 0.3 is 0 Å². The van der Waals surface area contributed by atoms with Crippen LogP contribution in [-0.4, -0.2) is 23.5 Å². The summed E-state index contributed by atoms with van der Waals surface area (Å²) in [5.74, 6) is 0.952. The molecule has 0 amide bonds. The Labute approximate surface area is 168 Å². The summed E-state index contributed by atoms with van der Waals surface area (Å²) in [5.41, 5.74) is 4.69. The Balaban J connectivity index is 2.02. The van der Waals surface area contributed by atoms with E-state index in [-0.39, 0.29) is 10.9 Å². The molecule has 1 aliphatic heterocycles. The number of nitrogens with zero attached hydrogens (tertiary/aromatic N) is 2. The average molecular weight is 391 g/mol. The highest BCUT2D eigenvalue weighted by Crippen LogP contribution is 2.50. The minimum absolute atomic E-state index is 0.166. The van der Waals surface area contributed by atoms with Crippen molar-refractivity contribution in [3.05, 3.63) is 53.6 Å². The summed E-state index contributed by atoms with van der Waals surface area (Å²) in [6.45, 7) is 16.1. The van der Waals surface area contributed by atoms with Crippen LogP contribution in [0.4, 0.5) is 0 Å². The maximum Gasteiger partial charge on any atom is 0.242 e. The van der Waals surface area contributed by atoms with E-state index in [1.807, 2.05) is 28.8 Å². The summed E-state index contributed by atoms with van der Waals surface area (Å²) >= 11 is 0. The van der Waals surface area contributed by atoms with Crippen molar-refractivity contribution in [2.45, 2.75) is 64.2 Å². The molecule has 0 spiro atoms. The summed E-state index contributed by atoms with van der Waals surface area (Å²) in [4.78, 5) is 18.9. The Morgan fingerprint density at radius 3 is 2.46 bits per heavy atom. The van der Waals surface area contributed by atoms with Crippen molar-refractivity contribution in [1.29, 1.82) is 0 Å². The number of carbonyl (C=O) groups excluding carboxylic acids is 1. The molecule has 0 bridgehead atoms. The highest BCUT2D eigenvalue weighted by Gasteiger charge is 2.50. The lowest BCUT2D eigenvalue weighted by Gasteiger charge is -2.45. The second-order valence-corrected chi connectivity index (χ2v) is 15.9. The molecular weight excluding hydrogens is 360 g/mol. The van der Waals surface area contributed by atoms with Gasteiger partial charge in [-0.25, -0.2) is 4.98 Å². The van der Waals surface area contributed by atoms with Crippen LogP contribution in [-0.2, 0) is 5.41 Å². The van der Waals surface area contributed by atoms with E-state index < -0.39 is 13.5 Å². The summed E-state index contributed by atoms with van der Waals surface area (Å²) in [6, 6.07) is 15.4. The van der Waals surface area contributed by atoms with Crippen molar-refractivity contribution in [3.63, 3.8) is 0 Å². The van der Waals surface area contributed by atoms with Gasteiger partial charge in [0.25, 0.3) is 0 Å². The Kier molecular flexibility index (Phi) is 4.03. The third-order valence-electron chi connectivity index (χ3n) is 7.07. The van der Waals surface area contributed by atoms with E-state index in [0.717, 1.165) is 34.0 Å². The molecule has 0 fully saturated rings. The molecule has 1 atom stereocenters. The van der Waals surface area contributed by atoms with Crippen molar-refractivity contribution < 1.29 is 4.79 Å². The topological polar surface area (TPSA) is 34.9 Å². The minimum Gasteiger partial charge on any atom is -0.273 e. The molecule has 2 heterocycles. The van der Waals surface area contributed by atoms with Crippen LogP contribution in [0.25, 0.3) is 22.4 Å². The maximum absolute atomic E-state index is 14.0. The zero-order valence-electron chi connectivity index (χ0n) is 18.1. The number of carbonyl (C=O) groups is 1. The fraction of sp³-hybridized carbons (Fsp3) is 0.417. The fourth-order valence-corrected chi connectivity index (χ4v) is 7.04. The molecular formula is C24H30N2OSi. The van der Waals surface area contributed by atoms with E-state index in [9.17, 15) is 4.79 Å². The lowest BCUT2D eigenvalue weighted by atomic mass is 9.77. The van der Waals surface area contributed by atoms with Crippen LogP contribution in [0.2, 0.25) is 24.2 Å². The van der Waals surface area contributed by atoms with Crippen molar-refractivity contribution in [2.24, 2.45) is 0 Å². The number of rotatable bonds is 2. The first-order chi connectivity index (χ1) is 13.0. The molecule has 2 aromatic carbocycles. The van der Waals surface area contributed by atoms with E-state index in [1.54, 1.807) is 0 Å². The Hall–Kier alpha value is -2.20. The molecule has 146 valence electrons. The minimum atomic E-state index is -1.72. The van der Waals surface area contributed by atoms with E-state index >= 15 is 0 Å². The fourth-order valence-electron chi connectivity index (χ4n) is 4.40. The first-order valence-electron chi connectivity index (χ1n) is 10.1. The van der Waals surface area contributed by atoms with Crippen molar-refractivity contribution in [1.82, 2.24) is 9.55 Å². The maximum atomic E-state index is 14.0. The van der Waals surface area contributed by atoms with E-state index in [0.29, 0.717) is 0 Å². The molecule has 0 aliphatic carbocycles. The molecule has 1 unspecified atom stereocenters. The number of aromatic nitrogens is 2. The van der Waals surface area contributed by atoms with Gasteiger partial charge in [0.2, 0.25) is 5.91 Å². The Bertz CT molecular complexity index is 1100. The van der Waals surface area contributed by atoms with E-state index in [4.69, 9.17) is 4.98 Å². The number of fused-ring (bicyclic) bond motifs is 5. The molecule has 1 aliphatic rings. The Morgan fingerprint density at radius 1 is 1.11 bits per heavy atom. The second kappa shape index (κ2) is 5.90. The zero-order valence-corrected chi connectivity index (χ0v) is 19.1. The van der Waals surface area contributed by atoms with Crippen LogP contribution in [0.5, 0.6) is 0 Å². The second-order valence-electron chi connectivity index (χ2n) is 10.3. The molecule has 4 rings (SSSR count). The molecule has 3 nitrogen and oxygen atoms in total. The van der Waals surface area contributed by atoms with Crippen LogP contribution in [0.15, 0.2) is 42.5 Å². The summed E-state index contributed by atoms with van der Waals surface area (Å²) in [6.07, 6.45) is 0. The van der Waals surface area contributed by atoms with Crippen LogP contribution < -0.4 is 0 Å². The van der Waals surface area contributed by atoms with Crippen molar-refractivity contribution >= 4 is 25.0 Å². The third kappa shape index (κ3) is 2.61. The summed E-state index contributed by atoms with van der Waals surface area (Å²) in [7, 11) is -1.72. The Morgan fingerprint density at radius 2 is 1.79 bits per heavy atom. The van der Waals surface area contributed by atoms with E-state index in [2.05, 4.69) is 65.9 Å². The predicted octanol–water partition coefficient (Wildman–Crippen LogP) is 6.43. The molecule has 0 radical (unpaired) electrons. The van der Waals surface area contributed by atoms with Gasteiger partial charge in [-0.2, -0.15) is 0 Å². The summed E-state index contributed by atoms with van der Waals surface area (Å²) < 4.78 is 1.88. The highest BCUT2D eigenvalue weighted by atomic mass is 28.3. The van der Waals surface area contributed by atoms with Crippen LogP contribution in [0.1, 0.15) is 43.6 Å². The molecule has 28 heavy (non-hydrogen) atoms. The van der Waals surface area contributed by atoms with Gasteiger partial charge in [0.15, 0.2) is 0 Å². The quantitative estimate of drug-likeness (QED) is 0.472. The number of hydrogen-bond acceptors (Lipinski definition) is 2. The highest BCUT2D eigenvalue weighted by molar-refractivity contribution is 6.80. The standard InChI is InChI=1S/C24H30N2OSi/c1-16-12-13-17-18(14-16)24(5,15-28(6,7)23(2,3)4)22(27)26-20-11-9-8-10-19(20)25-21(17)26/h8-14H,15H2,1-7H3. The normalized spacial score (nSPS) is 19.6. The van der Waals surface area contributed by atoms with Gasteiger partial charge in [0.05, 0.1) is 24.5 Å². The molecule has 0 saturated carbocycles. The zero-order chi connectivity index (χ0) is 20.5. The van der Waals surface area contributed by atoms with Crippen LogP contribution in [0.3, 0.4) is 0 Å². The smallest absolute Gasteiger partial charge is 0.242 e. The molecule has 0 N–H and O–H groups in total. The van der Waals surface area contributed by atoms with Gasteiger partial charge in [-0.15, -0.1) is 0 Å². The molecule has 4 heteroatoms.